The fourth-order valence-corrected chi connectivity index (χ4v) is 2.03. The van der Waals surface area contributed by atoms with Crippen LogP contribution in [-0.4, -0.2) is 19.7 Å². The van der Waals surface area contributed by atoms with E-state index in [1.165, 1.54) is 10.8 Å². The maximum Gasteiger partial charge on any atom is 0.268 e. The summed E-state index contributed by atoms with van der Waals surface area (Å²) in [6.07, 6.45) is 3.74. The Kier molecular flexibility index (Phi) is 2.77. The summed E-state index contributed by atoms with van der Waals surface area (Å²) in [6, 6.07) is 0. The molecule has 18 heavy (non-hydrogen) atoms. The molecule has 0 unspecified atom stereocenters. The second-order valence-electron chi connectivity index (χ2n) is 4.37. The second kappa shape index (κ2) is 4.31. The molecule has 0 N–H and O–H groups in total. The van der Waals surface area contributed by atoms with Gasteiger partial charge in [0.2, 0.25) is 5.89 Å². The van der Waals surface area contributed by atoms with Gasteiger partial charge in [-0.1, -0.05) is 5.16 Å². The van der Waals surface area contributed by atoms with E-state index in [0.29, 0.717) is 22.1 Å². The van der Waals surface area contributed by atoms with Crippen molar-refractivity contribution in [1.29, 1.82) is 0 Å². The molecule has 7 heteroatoms. The molecular weight excluding hydrogens is 300 g/mol. The number of hydrogen-bond acceptors (Lipinski definition) is 5. The van der Waals surface area contributed by atoms with Crippen molar-refractivity contribution < 1.29 is 4.52 Å². The average molecular weight is 311 g/mol. The molecule has 0 spiro atoms. The van der Waals surface area contributed by atoms with E-state index in [1.807, 2.05) is 0 Å². The standard InChI is InChI=1S/C11H11BrN4O2/c1-6-13-4-8(12)11(17)16(6)5-9-14-10(15-18-9)7-2-3-7/h4,7H,2-3,5H2,1H3. The van der Waals surface area contributed by atoms with Crippen molar-refractivity contribution in [3.63, 3.8) is 0 Å². The van der Waals surface area contributed by atoms with Crippen LogP contribution < -0.4 is 5.56 Å². The molecule has 1 saturated carbocycles. The van der Waals surface area contributed by atoms with Crippen LogP contribution in [0.2, 0.25) is 0 Å². The van der Waals surface area contributed by atoms with Crippen molar-refractivity contribution in [2.24, 2.45) is 0 Å². The van der Waals surface area contributed by atoms with Gasteiger partial charge in [0.25, 0.3) is 5.56 Å². The summed E-state index contributed by atoms with van der Waals surface area (Å²) in [4.78, 5) is 20.3. The number of nitrogens with zero attached hydrogens (tertiary/aromatic N) is 4. The van der Waals surface area contributed by atoms with Crippen molar-refractivity contribution >= 4 is 15.9 Å². The van der Waals surface area contributed by atoms with Gasteiger partial charge in [0.15, 0.2) is 5.82 Å². The van der Waals surface area contributed by atoms with Gasteiger partial charge in [-0.2, -0.15) is 4.98 Å². The molecule has 0 bridgehead atoms. The van der Waals surface area contributed by atoms with Crippen molar-refractivity contribution in [3.8, 4) is 0 Å². The zero-order valence-corrected chi connectivity index (χ0v) is 11.3. The van der Waals surface area contributed by atoms with Gasteiger partial charge in [-0.3, -0.25) is 9.36 Å². The van der Waals surface area contributed by atoms with E-state index in [0.717, 1.165) is 18.7 Å². The third-order valence-corrected chi connectivity index (χ3v) is 3.47. The van der Waals surface area contributed by atoms with Crippen molar-refractivity contribution in [1.82, 2.24) is 19.7 Å². The van der Waals surface area contributed by atoms with Gasteiger partial charge < -0.3 is 4.52 Å². The van der Waals surface area contributed by atoms with E-state index in [2.05, 4.69) is 31.1 Å². The molecule has 0 saturated heterocycles. The quantitative estimate of drug-likeness (QED) is 0.861. The smallest absolute Gasteiger partial charge is 0.268 e. The Morgan fingerprint density at radius 3 is 3.06 bits per heavy atom. The molecule has 6 nitrogen and oxygen atoms in total. The summed E-state index contributed by atoms with van der Waals surface area (Å²) < 4.78 is 7.09. The molecule has 0 aliphatic heterocycles. The molecule has 1 aliphatic carbocycles. The molecule has 1 aliphatic rings. The molecule has 0 amide bonds. The van der Waals surface area contributed by atoms with Crippen LogP contribution in [0, 0.1) is 6.92 Å². The predicted octanol–water partition coefficient (Wildman–Crippen LogP) is 1.62. The highest BCUT2D eigenvalue weighted by atomic mass is 79.9. The fraction of sp³-hybridized carbons (Fsp3) is 0.455. The zero-order chi connectivity index (χ0) is 12.7. The molecule has 2 aromatic rings. The first-order valence-corrected chi connectivity index (χ1v) is 6.49. The summed E-state index contributed by atoms with van der Waals surface area (Å²) in [5.41, 5.74) is -0.145. The van der Waals surface area contributed by atoms with Gasteiger partial charge in [0.1, 0.15) is 16.8 Å². The zero-order valence-electron chi connectivity index (χ0n) is 9.76. The number of hydrogen-bond donors (Lipinski definition) is 0. The molecule has 2 aromatic heterocycles. The van der Waals surface area contributed by atoms with Crippen LogP contribution in [0.25, 0.3) is 0 Å². The first-order valence-electron chi connectivity index (χ1n) is 5.69. The second-order valence-corrected chi connectivity index (χ2v) is 5.22. The van der Waals surface area contributed by atoms with E-state index in [9.17, 15) is 4.79 Å². The Morgan fingerprint density at radius 2 is 2.33 bits per heavy atom. The normalized spacial score (nSPS) is 15.0. The summed E-state index contributed by atoms with van der Waals surface area (Å²) in [5.74, 6) is 2.26. The van der Waals surface area contributed by atoms with Crippen LogP contribution in [0.5, 0.6) is 0 Å². The summed E-state index contributed by atoms with van der Waals surface area (Å²) in [5, 5.41) is 3.92. The lowest BCUT2D eigenvalue weighted by atomic mass is 10.4. The highest BCUT2D eigenvalue weighted by molar-refractivity contribution is 9.10. The number of aryl methyl sites for hydroxylation is 1. The molecule has 2 heterocycles. The number of halogens is 1. The van der Waals surface area contributed by atoms with Crippen LogP contribution in [0.3, 0.4) is 0 Å². The van der Waals surface area contributed by atoms with Crippen LogP contribution >= 0.6 is 15.9 Å². The number of aromatic nitrogens is 4. The van der Waals surface area contributed by atoms with Gasteiger partial charge in [-0.05, 0) is 35.7 Å². The van der Waals surface area contributed by atoms with Crippen molar-refractivity contribution in [2.75, 3.05) is 0 Å². The van der Waals surface area contributed by atoms with E-state index in [-0.39, 0.29) is 12.1 Å². The molecular formula is C11H11BrN4O2. The monoisotopic (exact) mass is 310 g/mol. The van der Waals surface area contributed by atoms with Gasteiger partial charge in [0, 0.05) is 12.1 Å². The minimum atomic E-state index is -0.145. The highest BCUT2D eigenvalue weighted by Gasteiger charge is 2.28. The first kappa shape index (κ1) is 11.6. The van der Waals surface area contributed by atoms with Crippen LogP contribution in [-0.2, 0) is 6.54 Å². The van der Waals surface area contributed by atoms with Crippen LogP contribution in [0.4, 0.5) is 0 Å². The molecule has 1 fully saturated rings. The Bertz CT molecular complexity index is 645. The lowest BCUT2D eigenvalue weighted by molar-refractivity contribution is 0.363. The molecule has 0 atom stereocenters. The summed E-state index contributed by atoms with van der Waals surface area (Å²) in [7, 11) is 0. The third kappa shape index (κ3) is 2.10. The predicted molar refractivity (Wildman–Crippen MR) is 66.3 cm³/mol. The van der Waals surface area contributed by atoms with E-state index < -0.39 is 0 Å². The minimum absolute atomic E-state index is 0.145. The lowest BCUT2D eigenvalue weighted by Crippen LogP contribution is -2.24. The Hall–Kier alpha value is -1.50. The topological polar surface area (TPSA) is 73.8 Å². The average Bonchev–Trinajstić information content (AvgIpc) is 3.10. The minimum Gasteiger partial charge on any atom is -0.337 e. The maximum absolute atomic E-state index is 11.9. The Balaban J connectivity index is 1.91. The largest absolute Gasteiger partial charge is 0.337 e. The summed E-state index contributed by atoms with van der Waals surface area (Å²) in [6.45, 7) is 2.03. The van der Waals surface area contributed by atoms with Gasteiger partial charge in [0.05, 0.1) is 0 Å². The first-order chi connectivity index (χ1) is 8.65. The lowest BCUT2D eigenvalue weighted by Gasteiger charge is -2.05. The summed E-state index contributed by atoms with van der Waals surface area (Å²) >= 11 is 3.17. The number of rotatable bonds is 3. The maximum atomic E-state index is 11.9. The third-order valence-electron chi connectivity index (χ3n) is 2.92. The van der Waals surface area contributed by atoms with Crippen LogP contribution in [0.1, 0.15) is 36.3 Å². The van der Waals surface area contributed by atoms with E-state index >= 15 is 0 Å². The fourth-order valence-electron chi connectivity index (χ4n) is 1.71. The Labute approximate surface area is 111 Å². The molecule has 3 rings (SSSR count). The van der Waals surface area contributed by atoms with Crippen LogP contribution in [0.15, 0.2) is 20.0 Å². The van der Waals surface area contributed by atoms with Gasteiger partial charge in [-0.15, -0.1) is 0 Å². The highest BCUT2D eigenvalue weighted by Crippen LogP contribution is 2.38. The van der Waals surface area contributed by atoms with Crippen molar-refractivity contribution in [3.05, 3.63) is 38.6 Å². The molecule has 94 valence electrons. The van der Waals surface area contributed by atoms with Crippen molar-refractivity contribution in [2.45, 2.75) is 32.2 Å². The Morgan fingerprint density at radius 1 is 1.56 bits per heavy atom. The SMILES string of the molecule is Cc1ncc(Br)c(=O)n1Cc1nc(C2CC2)no1. The van der Waals surface area contributed by atoms with Gasteiger partial charge in [-0.25, -0.2) is 4.98 Å². The van der Waals surface area contributed by atoms with Gasteiger partial charge >= 0.3 is 0 Å². The molecule has 0 aromatic carbocycles. The molecule has 0 radical (unpaired) electrons. The van der Waals surface area contributed by atoms with E-state index in [1.54, 1.807) is 6.92 Å². The van der Waals surface area contributed by atoms with E-state index in [4.69, 9.17) is 4.52 Å².